The topological polar surface area (TPSA) is 106 Å². The third-order valence-corrected chi connectivity index (χ3v) is 3.68. The molecule has 26 heavy (non-hydrogen) atoms. The maximum absolute atomic E-state index is 11.0. The molecule has 4 aromatic rings. The molecule has 8 nitrogen and oxygen atoms in total. The zero-order valence-corrected chi connectivity index (χ0v) is 13.4. The number of para-hydroxylation sites is 2. The summed E-state index contributed by atoms with van der Waals surface area (Å²) < 4.78 is 5.62. The number of oxazole rings is 1. The molecule has 4 rings (SSSR count). The van der Waals surface area contributed by atoms with E-state index in [0.717, 1.165) is 11.2 Å². The summed E-state index contributed by atoms with van der Waals surface area (Å²) in [6.07, 6.45) is 1.50. The first-order valence-electron chi connectivity index (χ1n) is 7.78. The molecule has 2 heterocycles. The van der Waals surface area contributed by atoms with Crippen molar-refractivity contribution in [3.63, 3.8) is 0 Å². The number of anilines is 4. The number of benzene rings is 2. The van der Waals surface area contributed by atoms with Crippen LogP contribution in [0.2, 0.25) is 0 Å². The summed E-state index contributed by atoms with van der Waals surface area (Å²) in [7, 11) is 0. The van der Waals surface area contributed by atoms with E-state index in [4.69, 9.17) is 4.42 Å². The van der Waals surface area contributed by atoms with Crippen molar-refractivity contribution >= 4 is 40.0 Å². The van der Waals surface area contributed by atoms with Gasteiger partial charge in [-0.05, 0) is 42.5 Å². The Morgan fingerprint density at radius 2 is 1.65 bits per heavy atom. The maximum atomic E-state index is 11.0. The predicted molar refractivity (Wildman–Crippen MR) is 97.9 cm³/mol. The minimum atomic E-state index is -0.474. The summed E-state index contributed by atoms with van der Waals surface area (Å²) in [5.41, 5.74) is 2.85. The Bertz CT molecular complexity index is 1040. The van der Waals surface area contributed by atoms with Gasteiger partial charge in [0.15, 0.2) is 5.58 Å². The first-order valence-corrected chi connectivity index (χ1v) is 7.78. The summed E-state index contributed by atoms with van der Waals surface area (Å²) in [4.78, 5) is 18.9. The SMILES string of the molecule is O=[N+]([O-])c1cccnc1Nc1ccc(Nc2nc3ccccc3o2)cc1. The van der Waals surface area contributed by atoms with Gasteiger partial charge in [0.1, 0.15) is 5.52 Å². The molecular weight excluding hydrogens is 334 g/mol. The van der Waals surface area contributed by atoms with Crippen molar-refractivity contribution in [2.75, 3.05) is 10.6 Å². The zero-order valence-electron chi connectivity index (χ0n) is 13.4. The Morgan fingerprint density at radius 3 is 2.38 bits per heavy atom. The van der Waals surface area contributed by atoms with Crippen molar-refractivity contribution in [3.8, 4) is 0 Å². The van der Waals surface area contributed by atoms with E-state index in [1.165, 1.54) is 18.3 Å². The summed E-state index contributed by atoms with van der Waals surface area (Å²) in [5.74, 6) is 0.192. The summed E-state index contributed by atoms with van der Waals surface area (Å²) in [6, 6.07) is 18.0. The van der Waals surface area contributed by atoms with Gasteiger partial charge in [0.05, 0.1) is 4.92 Å². The van der Waals surface area contributed by atoms with E-state index in [2.05, 4.69) is 20.6 Å². The molecule has 0 aliphatic heterocycles. The molecule has 0 fully saturated rings. The van der Waals surface area contributed by atoms with Crippen LogP contribution in [0, 0.1) is 10.1 Å². The van der Waals surface area contributed by atoms with Gasteiger partial charge in [-0.2, -0.15) is 4.98 Å². The van der Waals surface area contributed by atoms with E-state index in [-0.39, 0.29) is 11.5 Å². The Kier molecular flexibility index (Phi) is 3.91. The summed E-state index contributed by atoms with van der Waals surface area (Å²) in [6.45, 7) is 0. The van der Waals surface area contributed by atoms with E-state index in [1.54, 1.807) is 12.1 Å². The number of fused-ring (bicyclic) bond motifs is 1. The highest BCUT2D eigenvalue weighted by molar-refractivity contribution is 5.75. The van der Waals surface area contributed by atoms with Crippen molar-refractivity contribution in [1.82, 2.24) is 9.97 Å². The normalized spacial score (nSPS) is 10.6. The lowest BCUT2D eigenvalue weighted by molar-refractivity contribution is -0.384. The van der Waals surface area contributed by atoms with Crippen LogP contribution in [0.3, 0.4) is 0 Å². The third-order valence-electron chi connectivity index (χ3n) is 3.68. The Labute approximate surface area is 147 Å². The van der Waals surface area contributed by atoms with Gasteiger partial charge < -0.3 is 15.1 Å². The number of nitrogens with one attached hydrogen (secondary N) is 2. The van der Waals surface area contributed by atoms with Gasteiger partial charge >= 0.3 is 5.69 Å². The molecule has 0 amide bonds. The Hall–Kier alpha value is -3.94. The number of nitro groups is 1. The average molecular weight is 347 g/mol. The van der Waals surface area contributed by atoms with Crippen molar-refractivity contribution in [2.45, 2.75) is 0 Å². The highest BCUT2D eigenvalue weighted by Crippen LogP contribution is 2.26. The molecule has 0 unspecified atom stereocenters. The minimum absolute atomic E-state index is 0.0822. The highest BCUT2D eigenvalue weighted by Gasteiger charge is 2.14. The van der Waals surface area contributed by atoms with Gasteiger partial charge in [-0.25, -0.2) is 4.98 Å². The smallest absolute Gasteiger partial charge is 0.311 e. The average Bonchev–Trinajstić information content (AvgIpc) is 3.06. The molecule has 0 atom stereocenters. The Balaban J connectivity index is 1.51. The van der Waals surface area contributed by atoms with Crippen molar-refractivity contribution in [1.29, 1.82) is 0 Å². The van der Waals surface area contributed by atoms with Crippen molar-refractivity contribution in [2.24, 2.45) is 0 Å². The number of rotatable bonds is 5. The lowest BCUT2D eigenvalue weighted by Gasteiger charge is -2.07. The third kappa shape index (κ3) is 3.16. The molecule has 0 bridgehead atoms. The monoisotopic (exact) mass is 347 g/mol. The maximum Gasteiger partial charge on any atom is 0.311 e. The number of aromatic nitrogens is 2. The molecule has 0 saturated carbocycles. The molecule has 8 heteroatoms. The van der Waals surface area contributed by atoms with Crippen LogP contribution in [0.5, 0.6) is 0 Å². The van der Waals surface area contributed by atoms with Gasteiger partial charge in [-0.1, -0.05) is 12.1 Å². The first-order chi connectivity index (χ1) is 12.7. The summed E-state index contributed by atoms with van der Waals surface area (Å²) in [5, 5.41) is 17.1. The van der Waals surface area contributed by atoms with E-state index >= 15 is 0 Å². The number of hydrogen-bond donors (Lipinski definition) is 2. The van der Waals surface area contributed by atoms with Crippen LogP contribution < -0.4 is 10.6 Å². The van der Waals surface area contributed by atoms with E-state index < -0.39 is 4.92 Å². The largest absolute Gasteiger partial charge is 0.423 e. The van der Waals surface area contributed by atoms with Gasteiger partial charge in [0.2, 0.25) is 5.82 Å². The second-order valence-corrected chi connectivity index (χ2v) is 5.44. The fourth-order valence-corrected chi connectivity index (χ4v) is 2.46. The second kappa shape index (κ2) is 6.52. The molecule has 2 aromatic carbocycles. The van der Waals surface area contributed by atoms with Gasteiger partial charge in [-0.3, -0.25) is 10.1 Å². The van der Waals surface area contributed by atoms with Crippen LogP contribution >= 0.6 is 0 Å². The molecular formula is C18H13N5O3. The van der Waals surface area contributed by atoms with Gasteiger partial charge in [0.25, 0.3) is 6.01 Å². The molecule has 0 spiro atoms. The zero-order chi connectivity index (χ0) is 17.9. The number of pyridine rings is 1. The van der Waals surface area contributed by atoms with Crippen LogP contribution in [0.4, 0.5) is 28.9 Å². The van der Waals surface area contributed by atoms with Crippen LogP contribution in [0.1, 0.15) is 0 Å². The minimum Gasteiger partial charge on any atom is -0.423 e. The van der Waals surface area contributed by atoms with E-state index in [0.29, 0.717) is 17.3 Å². The van der Waals surface area contributed by atoms with Crippen LogP contribution in [0.15, 0.2) is 71.3 Å². The van der Waals surface area contributed by atoms with Crippen molar-refractivity contribution < 1.29 is 9.34 Å². The molecule has 2 aromatic heterocycles. The van der Waals surface area contributed by atoms with Crippen LogP contribution in [-0.2, 0) is 0 Å². The molecule has 0 aliphatic carbocycles. The van der Waals surface area contributed by atoms with E-state index in [1.807, 2.05) is 36.4 Å². The predicted octanol–water partition coefficient (Wildman–Crippen LogP) is 4.62. The standard InChI is InChI=1S/C18H13N5O3/c24-23(25)15-5-3-11-19-17(15)20-12-7-9-13(10-8-12)21-18-22-14-4-1-2-6-16(14)26-18/h1-11H,(H,19,20)(H,21,22). The van der Waals surface area contributed by atoms with Crippen LogP contribution in [-0.4, -0.2) is 14.9 Å². The quantitative estimate of drug-likeness (QED) is 0.401. The van der Waals surface area contributed by atoms with Crippen molar-refractivity contribution in [3.05, 3.63) is 77.0 Å². The number of nitrogens with zero attached hydrogens (tertiary/aromatic N) is 3. The lowest BCUT2D eigenvalue weighted by atomic mass is 10.2. The molecule has 0 saturated heterocycles. The lowest BCUT2D eigenvalue weighted by Crippen LogP contribution is -1.99. The first kappa shape index (κ1) is 15.6. The molecule has 128 valence electrons. The van der Waals surface area contributed by atoms with Crippen LogP contribution in [0.25, 0.3) is 11.1 Å². The molecule has 2 N–H and O–H groups in total. The Morgan fingerprint density at radius 1 is 0.923 bits per heavy atom. The fraction of sp³-hybridized carbons (Fsp3) is 0. The summed E-state index contributed by atoms with van der Waals surface area (Å²) >= 11 is 0. The van der Waals surface area contributed by atoms with E-state index in [9.17, 15) is 10.1 Å². The van der Waals surface area contributed by atoms with Gasteiger partial charge in [0, 0.05) is 23.6 Å². The molecule has 0 aliphatic rings. The fourth-order valence-electron chi connectivity index (χ4n) is 2.46. The van der Waals surface area contributed by atoms with Gasteiger partial charge in [-0.15, -0.1) is 0 Å². The second-order valence-electron chi connectivity index (χ2n) is 5.44. The highest BCUT2D eigenvalue weighted by atomic mass is 16.6. The number of hydrogen-bond acceptors (Lipinski definition) is 7. The molecule has 0 radical (unpaired) electrons.